The van der Waals surface area contributed by atoms with Gasteiger partial charge in [0.15, 0.2) is 0 Å². The summed E-state index contributed by atoms with van der Waals surface area (Å²) in [6.07, 6.45) is -3.10. The minimum absolute atomic E-state index is 0.0149. The van der Waals surface area contributed by atoms with E-state index in [1.54, 1.807) is 6.07 Å². The predicted molar refractivity (Wildman–Crippen MR) is 93.4 cm³/mol. The van der Waals surface area contributed by atoms with E-state index in [9.17, 15) is 13.2 Å². The first-order valence-electron chi connectivity index (χ1n) is 8.49. The van der Waals surface area contributed by atoms with E-state index in [4.69, 9.17) is 14.6 Å². The van der Waals surface area contributed by atoms with Crippen molar-refractivity contribution < 1.29 is 27.8 Å². The Bertz CT molecular complexity index is 694. The Balaban J connectivity index is 2.12. The zero-order valence-electron chi connectivity index (χ0n) is 14.8. The van der Waals surface area contributed by atoms with Gasteiger partial charge >= 0.3 is 6.18 Å². The molecule has 1 N–H and O–H groups in total. The summed E-state index contributed by atoms with van der Waals surface area (Å²) in [5.41, 5.74) is 0.876. The first kappa shape index (κ1) is 20.1. The molecule has 0 aromatic heterocycles. The van der Waals surface area contributed by atoms with Crippen LogP contribution < -0.4 is 9.47 Å². The Hall–Kier alpha value is -2.21. The monoisotopic (exact) mass is 368 g/mol. The second-order valence-corrected chi connectivity index (χ2v) is 6.25. The molecule has 26 heavy (non-hydrogen) atoms. The molecule has 0 radical (unpaired) electrons. The van der Waals surface area contributed by atoms with Gasteiger partial charge in [-0.05, 0) is 56.0 Å². The Labute approximate surface area is 151 Å². The summed E-state index contributed by atoms with van der Waals surface area (Å²) in [4.78, 5) is 0. The molecule has 0 spiro atoms. The largest absolute Gasteiger partial charge is 0.491 e. The maximum atomic E-state index is 12.6. The fourth-order valence-electron chi connectivity index (χ4n) is 2.44. The number of hydrogen-bond acceptors (Lipinski definition) is 3. The fraction of sp³-hybridized carbons (Fsp3) is 0.400. The van der Waals surface area contributed by atoms with Crippen molar-refractivity contribution >= 4 is 0 Å². The highest BCUT2D eigenvalue weighted by atomic mass is 19.4. The fourth-order valence-corrected chi connectivity index (χ4v) is 2.44. The molecule has 0 aliphatic rings. The second kappa shape index (κ2) is 8.94. The first-order valence-corrected chi connectivity index (χ1v) is 8.49. The van der Waals surface area contributed by atoms with Crippen molar-refractivity contribution in [2.75, 3.05) is 6.61 Å². The average molecular weight is 368 g/mol. The second-order valence-electron chi connectivity index (χ2n) is 6.25. The van der Waals surface area contributed by atoms with Gasteiger partial charge in [0.1, 0.15) is 18.1 Å². The third-order valence-electron chi connectivity index (χ3n) is 3.69. The van der Waals surface area contributed by atoms with Crippen LogP contribution in [0.1, 0.15) is 37.0 Å². The van der Waals surface area contributed by atoms with Crippen molar-refractivity contribution in [3.63, 3.8) is 0 Å². The van der Waals surface area contributed by atoms with E-state index >= 15 is 0 Å². The summed E-state index contributed by atoms with van der Waals surface area (Å²) in [5, 5.41) is 9.03. The Morgan fingerprint density at radius 3 is 2.31 bits per heavy atom. The lowest BCUT2D eigenvalue weighted by atomic mass is 10.1. The van der Waals surface area contributed by atoms with Gasteiger partial charge in [-0.25, -0.2) is 0 Å². The lowest BCUT2D eigenvalue weighted by Crippen LogP contribution is -2.07. The van der Waals surface area contributed by atoms with Gasteiger partial charge in [-0.15, -0.1) is 0 Å². The summed E-state index contributed by atoms with van der Waals surface area (Å²) in [7, 11) is 0. The van der Waals surface area contributed by atoms with E-state index in [0.717, 1.165) is 17.7 Å². The third-order valence-corrected chi connectivity index (χ3v) is 3.69. The lowest BCUT2D eigenvalue weighted by Gasteiger charge is -2.15. The summed E-state index contributed by atoms with van der Waals surface area (Å²) in [6.45, 7) is 4.06. The van der Waals surface area contributed by atoms with Gasteiger partial charge in [0.05, 0.1) is 11.7 Å². The number of hydrogen-bond donors (Lipinski definition) is 1. The van der Waals surface area contributed by atoms with Gasteiger partial charge in [0, 0.05) is 12.7 Å². The number of rotatable bonds is 8. The quantitative estimate of drug-likeness (QED) is 0.713. The summed E-state index contributed by atoms with van der Waals surface area (Å²) in [6, 6.07) is 10.4. The zero-order chi connectivity index (χ0) is 19.2. The molecule has 3 nitrogen and oxygen atoms in total. The van der Waals surface area contributed by atoms with Crippen LogP contribution in [0.3, 0.4) is 0 Å². The normalized spacial score (nSPS) is 11.7. The van der Waals surface area contributed by atoms with Gasteiger partial charge in [-0.2, -0.15) is 13.2 Å². The van der Waals surface area contributed by atoms with Crippen molar-refractivity contribution in [3.05, 3.63) is 59.2 Å². The molecule has 0 amide bonds. The van der Waals surface area contributed by atoms with E-state index in [-0.39, 0.29) is 19.3 Å². The molecule has 0 atom stereocenters. The molecule has 0 fully saturated rings. The van der Waals surface area contributed by atoms with E-state index in [2.05, 4.69) is 0 Å². The summed E-state index contributed by atoms with van der Waals surface area (Å²) < 4.78 is 49.4. The molecule has 2 rings (SSSR count). The molecule has 2 aromatic carbocycles. The van der Waals surface area contributed by atoms with Gasteiger partial charge < -0.3 is 14.6 Å². The number of ether oxygens (including phenoxy) is 2. The molecule has 6 heteroatoms. The van der Waals surface area contributed by atoms with Crippen LogP contribution in [0, 0.1) is 0 Å². The first-order chi connectivity index (χ1) is 12.3. The van der Waals surface area contributed by atoms with Gasteiger partial charge in [0.25, 0.3) is 0 Å². The number of aryl methyl sites for hydroxylation is 1. The maximum absolute atomic E-state index is 12.6. The standard InChI is InChI=1S/C20H23F3O3/c1-14(2)26-18-10-7-16(4-3-11-24)19(12-18)25-13-15-5-8-17(9-6-15)20(21,22)23/h5-10,12,14,24H,3-4,11,13H2,1-2H3. The number of aliphatic hydroxyl groups is 1. The molecule has 0 heterocycles. The molecule has 0 aliphatic heterocycles. The Morgan fingerprint density at radius 1 is 1.04 bits per heavy atom. The average Bonchev–Trinajstić information content (AvgIpc) is 2.58. The highest BCUT2D eigenvalue weighted by molar-refractivity contribution is 5.41. The van der Waals surface area contributed by atoms with E-state index < -0.39 is 11.7 Å². The van der Waals surface area contributed by atoms with Crippen LogP contribution in [0.4, 0.5) is 13.2 Å². The topological polar surface area (TPSA) is 38.7 Å². The predicted octanol–water partition coefficient (Wildman–Crippen LogP) is 5.00. The molecule has 0 saturated heterocycles. The van der Waals surface area contributed by atoms with Crippen LogP contribution in [-0.4, -0.2) is 17.8 Å². The highest BCUT2D eigenvalue weighted by Gasteiger charge is 2.29. The molecule has 0 unspecified atom stereocenters. The van der Waals surface area contributed by atoms with Crippen molar-refractivity contribution in [1.29, 1.82) is 0 Å². The van der Waals surface area contributed by atoms with Gasteiger partial charge in [-0.3, -0.25) is 0 Å². The summed E-state index contributed by atoms with van der Waals surface area (Å²) in [5.74, 6) is 1.27. The molecule has 0 bridgehead atoms. The van der Waals surface area contributed by atoms with Crippen molar-refractivity contribution in [2.24, 2.45) is 0 Å². The lowest BCUT2D eigenvalue weighted by molar-refractivity contribution is -0.137. The maximum Gasteiger partial charge on any atom is 0.416 e. The summed E-state index contributed by atoms with van der Waals surface area (Å²) >= 11 is 0. The highest BCUT2D eigenvalue weighted by Crippen LogP contribution is 2.30. The molecule has 0 saturated carbocycles. The Kier molecular flexibility index (Phi) is 6.91. The van der Waals surface area contributed by atoms with E-state index in [1.165, 1.54) is 12.1 Å². The molecular weight excluding hydrogens is 345 g/mol. The smallest absolute Gasteiger partial charge is 0.416 e. The van der Waals surface area contributed by atoms with Crippen molar-refractivity contribution in [2.45, 2.75) is 45.6 Å². The minimum Gasteiger partial charge on any atom is -0.491 e. The van der Waals surface area contributed by atoms with E-state index in [0.29, 0.717) is 29.9 Å². The van der Waals surface area contributed by atoms with Crippen LogP contribution in [0.15, 0.2) is 42.5 Å². The molecule has 2 aromatic rings. The number of aliphatic hydroxyl groups excluding tert-OH is 1. The van der Waals surface area contributed by atoms with Crippen LogP contribution in [0.5, 0.6) is 11.5 Å². The molecule has 142 valence electrons. The van der Waals surface area contributed by atoms with Crippen LogP contribution >= 0.6 is 0 Å². The van der Waals surface area contributed by atoms with E-state index in [1.807, 2.05) is 26.0 Å². The zero-order valence-corrected chi connectivity index (χ0v) is 14.8. The number of benzene rings is 2. The SMILES string of the molecule is CC(C)Oc1ccc(CCCO)c(OCc2ccc(C(F)(F)F)cc2)c1. The van der Waals surface area contributed by atoms with Crippen LogP contribution in [0.25, 0.3) is 0 Å². The van der Waals surface area contributed by atoms with Gasteiger partial charge in [0.2, 0.25) is 0 Å². The number of alkyl halides is 3. The Morgan fingerprint density at radius 2 is 1.73 bits per heavy atom. The van der Waals surface area contributed by atoms with Crippen molar-refractivity contribution in [1.82, 2.24) is 0 Å². The van der Waals surface area contributed by atoms with Crippen LogP contribution in [-0.2, 0) is 19.2 Å². The van der Waals surface area contributed by atoms with Crippen LogP contribution in [0.2, 0.25) is 0 Å². The number of halogens is 3. The minimum atomic E-state index is -4.35. The molecule has 0 aliphatic carbocycles. The van der Waals surface area contributed by atoms with Gasteiger partial charge in [-0.1, -0.05) is 18.2 Å². The molecular formula is C20H23F3O3. The van der Waals surface area contributed by atoms with Crippen molar-refractivity contribution in [3.8, 4) is 11.5 Å². The third kappa shape index (κ3) is 5.95.